The fraction of sp³-hybridized carbons (Fsp3) is 0.765. The first-order valence-electron chi connectivity index (χ1n) is 8.56. The number of nitrogens with one attached hydrogen (secondary N) is 2. The predicted molar refractivity (Wildman–Crippen MR) is 90.2 cm³/mol. The lowest BCUT2D eigenvalue weighted by atomic mass is 10.1. The smallest absolute Gasteiger partial charge is 0.136 e. The Labute approximate surface area is 129 Å². The fourth-order valence-electron chi connectivity index (χ4n) is 2.59. The van der Waals surface area contributed by atoms with Crippen molar-refractivity contribution in [2.24, 2.45) is 0 Å². The average Bonchev–Trinajstić information content (AvgIpc) is 3.32. The van der Waals surface area contributed by atoms with Crippen molar-refractivity contribution < 1.29 is 0 Å². The minimum Gasteiger partial charge on any atom is -0.373 e. The molecule has 1 heterocycles. The molecule has 0 saturated heterocycles. The third-order valence-electron chi connectivity index (χ3n) is 4.17. The highest BCUT2D eigenvalue weighted by molar-refractivity contribution is 5.57. The molecule has 2 rings (SSSR count). The summed E-state index contributed by atoms with van der Waals surface area (Å²) in [5, 5.41) is 6.70. The van der Waals surface area contributed by atoms with E-state index in [1.54, 1.807) is 0 Å². The molecular weight excluding hydrogens is 260 g/mol. The maximum absolute atomic E-state index is 4.73. The van der Waals surface area contributed by atoms with Crippen LogP contribution < -0.4 is 10.6 Å². The van der Waals surface area contributed by atoms with Gasteiger partial charge in [0.25, 0.3) is 0 Å². The standard InChI is InChI=1S/C17H30N4/c1-4-5-6-7-8-9-12-19-16-13(2)15(18-3)20-17(21-16)14-10-11-14/h14H,4-12H2,1-3H3,(H2,18,19,20,21). The zero-order valence-corrected chi connectivity index (χ0v) is 13.8. The molecule has 0 atom stereocenters. The Kier molecular flexibility index (Phi) is 6.27. The third kappa shape index (κ3) is 4.87. The summed E-state index contributed by atoms with van der Waals surface area (Å²) in [6.45, 7) is 5.36. The molecule has 0 unspecified atom stereocenters. The minimum atomic E-state index is 0.590. The van der Waals surface area contributed by atoms with E-state index in [2.05, 4.69) is 29.5 Å². The molecule has 0 amide bonds. The van der Waals surface area contributed by atoms with Crippen molar-refractivity contribution in [3.8, 4) is 0 Å². The van der Waals surface area contributed by atoms with Gasteiger partial charge < -0.3 is 10.6 Å². The van der Waals surface area contributed by atoms with Crippen LogP contribution in [-0.4, -0.2) is 23.6 Å². The summed E-state index contributed by atoms with van der Waals surface area (Å²) in [7, 11) is 1.93. The van der Waals surface area contributed by atoms with Gasteiger partial charge in [-0.15, -0.1) is 0 Å². The average molecular weight is 290 g/mol. The maximum Gasteiger partial charge on any atom is 0.136 e. The SMILES string of the molecule is CCCCCCCCNc1nc(C2CC2)nc(NC)c1C. The first-order valence-corrected chi connectivity index (χ1v) is 8.56. The van der Waals surface area contributed by atoms with Gasteiger partial charge in [-0.1, -0.05) is 39.0 Å². The molecule has 1 aromatic heterocycles. The Bertz CT molecular complexity index is 441. The Hall–Kier alpha value is -1.32. The van der Waals surface area contributed by atoms with Crippen molar-refractivity contribution in [2.75, 3.05) is 24.2 Å². The van der Waals surface area contributed by atoms with Crippen LogP contribution in [0.2, 0.25) is 0 Å². The van der Waals surface area contributed by atoms with Gasteiger partial charge in [0, 0.05) is 25.1 Å². The lowest BCUT2D eigenvalue weighted by Crippen LogP contribution is -2.10. The van der Waals surface area contributed by atoms with Gasteiger partial charge >= 0.3 is 0 Å². The molecule has 1 aliphatic carbocycles. The van der Waals surface area contributed by atoms with Crippen molar-refractivity contribution in [3.63, 3.8) is 0 Å². The van der Waals surface area contributed by atoms with Crippen LogP contribution in [0.3, 0.4) is 0 Å². The van der Waals surface area contributed by atoms with Crippen molar-refractivity contribution in [1.82, 2.24) is 9.97 Å². The second-order valence-electron chi connectivity index (χ2n) is 6.12. The molecule has 0 bridgehead atoms. The summed E-state index contributed by atoms with van der Waals surface area (Å²) in [6, 6.07) is 0. The third-order valence-corrected chi connectivity index (χ3v) is 4.17. The minimum absolute atomic E-state index is 0.590. The summed E-state index contributed by atoms with van der Waals surface area (Å²) in [5.41, 5.74) is 1.13. The molecule has 0 radical (unpaired) electrons. The van der Waals surface area contributed by atoms with Crippen LogP contribution in [0.25, 0.3) is 0 Å². The lowest BCUT2D eigenvalue weighted by molar-refractivity contribution is 0.616. The van der Waals surface area contributed by atoms with Crippen LogP contribution in [0.1, 0.15) is 75.6 Å². The Morgan fingerprint density at radius 1 is 1.00 bits per heavy atom. The molecule has 4 heteroatoms. The molecule has 118 valence electrons. The second-order valence-corrected chi connectivity index (χ2v) is 6.12. The Morgan fingerprint density at radius 2 is 1.67 bits per heavy atom. The summed E-state index contributed by atoms with van der Waals surface area (Å²) >= 11 is 0. The van der Waals surface area contributed by atoms with E-state index in [0.29, 0.717) is 5.92 Å². The van der Waals surface area contributed by atoms with Crippen LogP contribution in [0.4, 0.5) is 11.6 Å². The lowest BCUT2D eigenvalue weighted by Gasteiger charge is -2.13. The monoisotopic (exact) mass is 290 g/mol. The number of nitrogens with zero attached hydrogens (tertiary/aromatic N) is 2. The van der Waals surface area contributed by atoms with Gasteiger partial charge in [0.05, 0.1) is 0 Å². The van der Waals surface area contributed by atoms with Crippen molar-refractivity contribution >= 4 is 11.6 Å². The predicted octanol–water partition coefficient (Wildman–Crippen LogP) is 4.48. The van der Waals surface area contributed by atoms with Gasteiger partial charge in [-0.05, 0) is 26.2 Å². The van der Waals surface area contributed by atoms with Crippen LogP contribution in [0, 0.1) is 6.92 Å². The first-order chi connectivity index (χ1) is 10.3. The van der Waals surface area contributed by atoms with Crippen molar-refractivity contribution in [1.29, 1.82) is 0 Å². The number of unbranched alkanes of at least 4 members (excludes halogenated alkanes) is 5. The van der Waals surface area contributed by atoms with Crippen LogP contribution >= 0.6 is 0 Å². The number of rotatable bonds is 10. The normalized spacial score (nSPS) is 14.2. The van der Waals surface area contributed by atoms with Gasteiger partial charge in [0.1, 0.15) is 17.5 Å². The summed E-state index contributed by atoms with van der Waals surface area (Å²) < 4.78 is 0. The van der Waals surface area contributed by atoms with E-state index in [1.807, 2.05) is 7.05 Å². The highest BCUT2D eigenvalue weighted by Crippen LogP contribution is 2.39. The van der Waals surface area contributed by atoms with Gasteiger partial charge in [0.2, 0.25) is 0 Å². The summed E-state index contributed by atoms with van der Waals surface area (Å²) in [5.74, 6) is 3.59. The van der Waals surface area contributed by atoms with Gasteiger partial charge in [-0.3, -0.25) is 0 Å². The van der Waals surface area contributed by atoms with Gasteiger partial charge in [-0.2, -0.15) is 0 Å². The number of hydrogen-bond donors (Lipinski definition) is 2. The quantitative estimate of drug-likeness (QED) is 0.624. The summed E-state index contributed by atoms with van der Waals surface area (Å²) in [4.78, 5) is 9.36. The molecule has 1 saturated carbocycles. The van der Waals surface area contributed by atoms with Gasteiger partial charge in [0.15, 0.2) is 0 Å². The van der Waals surface area contributed by atoms with Crippen molar-refractivity contribution in [2.45, 2.75) is 71.1 Å². The molecule has 1 fully saturated rings. The molecule has 21 heavy (non-hydrogen) atoms. The topological polar surface area (TPSA) is 49.8 Å². The maximum atomic E-state index is 4.73. The molecule has 1 aromatic rings. The van der Waals surface area contributed by atoms with Crippen LogP contribution in [0.15, 0.2) is 0 Å². The molecule has 1 aliphatic rings. The largest absolute Gasteiger partial charge is 0.373 e. The van der Waals surface area contributed by atoms with E-state index in [1.165, 1.54) is 51.4 Å². The zero-order valence-electron chi connectivity index (χ0n) is 13.8. The molecular formula is C17H30N4. The van der Waals surface area contributed by atoms with E-state index >= 15 is 0 Å². The second kappa shape index (κ2) is 8.20. The Balaban J connectivity index is 1.82. The van der Waals surface area contributed by atoms with E-state index < -0.39 is 0 Å². The molecule has 0 aliphatic heterocycles. The van der Waals surface area contributed by atoms with Crippen LogP contribution in [0.5, 0.6) is 0 Å². The summed E-state index contributed by atoms with van der Waals surface area (Å²) in [6.07, 6.45) is 10.4. The molecule has 0 aromatic carbocycles. The van der Waals surface area contributed by atoms with E-state index in [4.69, 9.17) is 4.98 Å². The van der Waals surface area contributed by atoms with Gasteiger partial charge in [-0.25, -0.2) is 9.97 Å². The molecule has 4 nitrogen and oxygen atoms in total. The molecule has 0 spiro atoms. The highest BCUT2D eigenvalue weighted by atomic mass is 15.1. The van der Waals surface area contributed by atoms with E-state index in [9.17, 15) is 0 Å². The zero-order chi connectivity index (χ0) is 15.1. The molecule has 2 N–H and O–H groups in total. The fourth-order valence-corrected chi connectivity index (χ4v) is 2.59. The van der Waals surface area contributed by atoms with Crippen molar-refractivity contribution in [3.05, 3.63) is 11.4 Å². The highest BCUT2D eigenvalue weighted by Gasteiger charge is 2.28. The number of hydrogen-bond acceptors (Lipinski definition) is 4. The number of aromatic nitrogens is 2. The first kappa shape index (κ1) is 16.1. The van der Waals surface area contributed by atoms with E-state index in [0.717, 1.165) is 29.6 Å². The van der Waals surface area contributed by atoms with Crippen LogP contribution in [-0.2, 0) is 0 Å². The Morgan fingerprint density at radius 3 is 2.33 bits per heavy atom. The van der Waals surface area contributed by atoms with E-state index in [-0.39, 0.29) is 0 Å². The number of anilines is 2.